The maximum absolute atomic E-state index is 13.5. The summed E-state index contributed by atoms with van der Waals surface area (Å²) >= 11 is 0. The Morgan fingerprint density at radius 1 is 1.26 bits per heavy atom. The van der Waals surface area contributed by atoms with Crippen LogP contribution in [0.15, 0.2) is 30.3 Å². The van der Waals surface area contributed by atoms with E-state index in [2.05, 4.69) is 4.98 Å². The number of aliphatic hydroxyl groups excluding tert-OH is 1. The topological polar surface area (TPSA) is 42.4 Å². The zero-order valence-corrected chi connectivity index (χ0v) is 10.4. The van der Waals surface area contributed by atoms with E-state index in [4.69, 9.17) is 9.84 Å². The lowest BCUT2D eigenvalue weighted by molar-refractivity contribution is 0.280. The van der Waals surface area contributed by atoms with E-state index in [1.807, 2.05) is 6.92 Å². The molecule has 0 unspecified atom stereocenters. The highest BCUT2D eigenvalue weighted by atomic mass is 19.2. The minimum atomic E-state index is -1.06. The number of benzene rings is 1. The highest BCUT2D eigenvalue weighted by molar-refractivity contribution is 5.32. The Morgan fingerprint density at radius 3 is 2.74 bits per heavy atom. The first kappa shape index (κ1) is 13.4. The van der Waals surface area contributed by atoms with E-state index in [0.717, 1.165) is 6.07 Å². The maximum atomic E-state index is 13.5. The van der Waals surface area contributed by atoms with E-state index in [9.17, 15) is 8.78 Å². The van der Waals surface area contributed by atoms with Crippen LogP contribution in [0.1, 0.15) is 18.2 Å². The van der Waals surface area contributed by atoms with Gasteiger partial charge in [0.25, 0.3) is 0 Å². The first-order valence-electron chi connectivity index (χ1n) is 5.86. The van der Waals surface area contributed by atoms with Crippen molar-refractivity contribution < 1.29 is 18.6 Å². The van der Waals surface area contributed by atoms with E-state index in [1.54, 1.807) is 6.07 Å². The van der Waals surface area contributed by atoms with Crippen LogP contribution in [0.2, 0.25) is 0 Å². The largest absolute Gasteiger partial charge is 0.436 e. The van der Waals surface area contributed by atoms with E-state index >= 15 is 0 Å². The number of hydrogen-bond donors (Lipinski definition) is 1. The summed E-state index contributed by atoms with van der Waals surface area (Å²) in [6.45, 7) is 1.73. The molecule has 0 aliphatic rings. The lowest BCUT2D eigenvalue weighted by Gasteiger charge is -2.09. The number of ether oxygens (including phenoxy) is 1. The molecule has 0 saturated heterocycles. The highest BCUT2D eigenvalue weighted by Gasteiger charge is 2.11. The van der Waals surface area contributed by atoms with Crippen molar-refractivity contribution >= 4 is 0 Å². The molecule has 0 aliphatic carbocycles. The van der Waals surface area contributed by atoms with Crippen LogP contribution in [-0.4, -0.2) is 10.1 Å². The molecular weight excluding hydrogens is 252 g/mol. The van der Waals surface area contributed by atoms with Crippen LogP contribution in [0.3, 0.4) is 0 Å². The summed E-state index contributed by atoms with van der Waals surface area (Å²) in [5, 5.41) is 9.13. The molecule has 1 heterocycles. The summed E-state index contributed by atoms with van der Waals surface area (Å²) in [5.74, 6) is -2.14. The molecule has 0 amide bonds. The molecule has 3 nitrogen and oxygen atoms in total. The molecule has 5 heteroatoms. The lowest BCUT2D eigenvalue weighted by Crippen LogP contribution is -1.98. The average Bonchev–Trinajstić information content (AvgIpc) is 2.43. The lowest BCUT2D eigenvalue weighted by atomic mass is 10.2. The Kier molecular flexibility index (Phi) is 4.06. The number of aliphatic hydroxyl groups is 1. The van der Waals surface area contributed by atoms with Crippen LogP contribution in [0.4, 0.5) is 8.78 Å². The minimum absolute atomic E-state index is 0.132. The fourth-order valence-corrected chi connectivity index (χ4v) is 1.62. The molecule has 2 rings (SSSR count). The summed E-state index contributed by atoms with van der Waals surface area (Å²) < 4.78 is 31.8. The van der Waals surface area contributed by atoms with E-state index in [1.165, 1.54) is 18.2 Å². The fourth-order valence-electron chi connectivity index (χ4n) is 1.62. The summed E-state index contributed by atoms with van der Waals surface area (Å²) in [5.41, 5.74) is 1.32. The van der Waals surface area contributed by atoms with Gasteiger partial charge in [-0.05, 0) is 30.2 Å². The molecule has 19 heavy (non-hydrogen) atoms. The van der Waals surface area contributed by atoms with Gasteiger partial charge in [0, 0.05) is 11.8 Å². The zero-order chi connectivity index (χ0) is 13.8. The summed E-state index contributed by atoms with van der Waals surface area (Å²) in [6.07, 6.45) is 0.649. The molecule has 100 valence electrons. The van der Waals surface area contributed by atoms with Gasteiger partial charge in [0.1, 0.15) is 0 Å². The molecule has 0 atom stereocenters. The summed E-state index contributed by atoms with van der Waals surface area (Å²) in [6, 6.07) is 6.90. The molecule has 0 bridgehead atoms. The van der Waals surface area contributed by atoms with E-state index in [0.29, 0.717) is 17.7 Å². The Balaban J connectivity index is 2.34. The molecule has 0 fully saturated rings. The quantitative estimate of drug-likeness (QED) is 0.923. The molecular formula is C14H13F2NO2. The first-order chi connectivity index (χ1) is 9.13. The first-order valence-corrected chi connectivity index (χ1v) is 5.86. The normalized spacial score (nSPS) is 10.5. The SMILES string of the molecule is CCc1cc(CO)cc(Oc2cccc(F)c2F)n1. The third kappa shape index (κ3) is 3.06. The van der Waals surface area contributed by atoms with Gasteiger partial charge in [-0.25, -0.2) is 9.37 Å². The van der Waals surface area contributed by atoms with Crippen LogP contribution >= 0.6 is 0 Å². The number of rotatable bonds is 4. The van der Waals surface area contributed by atoms with Crippen LogP contribution < -0.4 is 4.74 Å². The van der Waals surface area contributed by atoms with Crippen molar-refractivity contribution in [1.29, 1.82) is 0 Å². The number of aryl methyl sites for hydroxylation is 1. The number of halogens is 2. The minimum Gasteiger partial charge on any atom is -0.436 e. The number of nitrogens with zero attached hydrogens (tertiary/aromatic N) is 1. The van der Waals surface area contributed by atoms with Crippen molar-refractivity contribution in [3.8, 4) is 11.6 Å². The second-order valence-corrected chi connectivity index (χ2v) is 3.97. The van der Waals surface area contributed by atoms with Gasteiger partial charge in [0.15, 0.2) is 11.6 Å². The zero-order valence-electron chi connectivity index (χ0n) is 10.4. The smallest absolute Gasteiger partial charge is 0.219 e. The molecule has 1 N–H and O–H groups in total. The third-order valence-corrected chi connectivity index (χ3v) is 2.59. The van der Waals surface area contributed by atoms with Crippen molar-refractivity contribution in [3.63, 3.8) is 0 Å². The van der Waals surface area contributed by atoms with Gasteiger partial charge in [0.2, 0.25) is 11.7 Å². The Morgan fingerprint density at radius 2 is 2.05 bits per heavy atom. The second-order valence-electron chi connectivity index (χ2n) is 3.97. The predicted molar refractivity (Wildman–Crippen MR) is 66.0 cm³/mol. The Labute approximate surface area is 109 Å². The van der Waals surface area contributed by atoms with Gasteiger partial charge < -0.3 is 9.84 Å². The van der Waals surface area contributed by atoms with E-state index in [-0.39, 0.29) is 18.2 Å². The third-order valence-electron chi connectivity index (χ3n) is 2.59. The van der Waals surface area contributed by atoms with Crippen molar-refractivity contribution in [2.45, 2.75) is 20.0 Å². The van der Waals surface area contributed by atoms with Gasteiger partial charge in [-0.3, -0.25) is 0 Å². The predicted octanol–water partition coefficient (Wildman–Crippen LogP) is 3.21. The van der Waals surface area contributed by atoms with Crippen molar-refractivity contribution in [1.82, 2.24) is 4.98 Å². The highest BCUT2D eigenvalue weighted by Crippen LogP contribution is 2.25. The molecule has 1 aromatic carbocycles. The molecule has 0 saturated carbocycles. The summed E-state index contributed by atoms with van der Waals surface area (Å²) in [4.78, 5) is 4.14. The van der Waals surface area contributed by atoms with E-state index < -0.39 is 11.6 Å². The standard InChI is InChI=1S/C14H13F2NO2/c1-2-10-6-9(8-18)7-13(17-10)19-12-5-3-4-11(15)14(12)16/h3-7,18H,2,8H2,1H3. The van der Waals surface area contributed by atoms with Gasteiger partial charge >= 0.3 is 0 Å². The maximum Gasteiger partial charge on any atom is 0.219 e. The second kappa shape index (κ2) is 5.75. The van der Waals surface area contributed by atoms with Crippen molar-refractivity contribution in [2.24, 2.45) is 0 Å². The molecule has 2 aromatic rings. The number of aromatic nitrogens is 1. The number of pyridine rings is 1. The van der Waals surface area contributed by atoms with Crippen molar-refractivity contribution in [2.75, 3.05) is 0 Å². The molecule has 0 radical (unpaired) electrons. The van der Waals surface area contributed by atoms with Gasteiger partial charge in [-0.15, -0.1) is 0 Å². The fraction of sp³-hybridized carbons (Fsp3) is 0.214. The van der Waals surface area contributed by atoms with Crippen molar-refractivity contribution in [3.05, 3.63) is 53.2 Å². The Bertz CT molecular complexity index is 565. The molecule has 1 aromatic heterocycles. The van der Waals surface area contributed by atoms with Gasteiger partial charge in [-0.2, -0.15) is 4.39 Å². The average molecular weight is 265 g/mol. The van der Waals surface area contributed by atoms with Crippen LogP contribution in [0.25, 0.3) is 0 Å². The molecule has 0 aliphatic heterocycles. The number of hydrogen-bond acceptors (Lipinski definition) is 3. The summed E-state index contributed by atoms with van der Waals surface area (Å²) in [7, 11) is 0. The van der Waals surface area contributed by atoms with Gasteiger partial charge in [-0.1, -0.05) is 13.0 Å². The van der Waals surface area contributed by atoms with Crippen LogP contribution in [-0.2, 0) is 13.0 Å². The Hall–Kier alpha value is -2.01. The van der Waals surface area contributed by atoms with Crippen LogP contribution in [0, 0.1) is 11.6 Å². The van der Waals surface area contributed by atoms with Crippen LogP contribution in [0.5, 0.6) is 11.6 Å². The molecule has 0 spiro atoms. The van der Waals surface area contributed by atoms with Gasteiger partial charge in [0.05, 0.1) is 6.61 Å². The monoisotopic (exact) mass is 265 g/mol.